The largest absolute Gasteiger partial charge is 0.387 e. The van der Waals surface area contributed by atoms with Crippen molar-refractivity contribution in [3.05, 3.63) is 89.0 Å². The number of hydrogen-bond acceptors (Lipinski definition) is 5. The van der Waals surface area contributed by atoms with Gasteiger partial charge in [-0.1, -0.05) is 67.1 Å². The number of urea groups is 1. The number of hydrogen-bond donors (Lipinski definition) is 2. The van der Waals surface area contributed by atoms with Crippen molar-refractivity contribution in [1.82, 2.24) is 24.7 Å². The lowest BCUT2D eigenvalue weighted by Gasteiger charge is -2.59. The van der Waals surface area contributed by atoms with Crippen LogP contribution in [0.15, 0.2) is 77.9 Å². The van der Waals surface area contributed by atoms with Gasteiger partial charge in [-0.3, -0.25) is 9.36 Å². The Hall–Kier alpha value is -3.49. The van der Waals surface area contributed by atoms with Crippen LogP contribution in [0.4, 0.5) is 4.79 Å². The third-order valence-electron chi connectivity index (χ3n) is 8.91. The summed E-state index contributed by atoms with van der Waals surface area (Å²) in [6.07, 6.45) is 4.71. The highest BCUT2D eigenvalue weighted by Crippen LogP contribution is 2.54. The van der Waals surface area contributed by atoms with Crippen molar-refractivity contribution < 1.29 is 9.90 Å². The summed E-state index contributed by atoms with van der Waals surface area (Å²) in [7, 11) is 0. The lowest BCUT2D eigenvalue weighted by atomic mass is 9.55. The fraction of sp³-hybridized carbons (Fsp3) is 0.433. The van der Waals surface area contributed by atoms with Gasteiger partial charge in [0.25, 0.3) is 5.56 Å². The van der Waals surface area contributed by atoms with E-state index in [0.717, 1.165) is 43.5 Å². The number of nitrogens with zero attached hydrogens (tertiary/aromatic N) is 4. The predicted octanol–water partition coefficient (Wildman–Crippen LogP) is 3.28. The zero-order chi connectivity index (χ0) is 26.2. The summed E-state index contributed by atoms with van der Waals surface area (Å²) in [4.78, 5) is 35.3. The van der Waals surface area contributed by atoms with Gasteiger partial charge in [-0.05, 0) is 24.8 Å². The topological polar surface area (TPSA) is 90.7 Å². The average molecular weight is 514 g/mol. The quantitative estimate of drug-likeness (QED) is 0.559. The lowest BCUT2D eigenvalue weighted by molar-refractivity contribution is -0.174. The molecular weight excluding hydrogens is 478 g/mol. The van der Waals surface area contributed by atoms with Crippen LogP contribution in [0.2, 0.25) is 0 Å². The van der Waals surface area contributed by atoms with Gasteiger partial charge in [0.05, 0.1) is 30.2 Å². The molecule has 8 heteroatoms. The number of piperazine rings is 1. The highest BCUT2D eigenvalue weighted by Gasteiger charge is 2.58. The van der Waals surface area contributed by atoms with E-state index in [-0.39, 0.29) is 24.2 Å². The van der Waals surface area contributed by atoms with Crippen LogP contribution in [0.1, 0.15) is 37.3 Å². The molecule has 1 aliphatic carbocycles. The molecule has 3 heterocycles. The van der Waals surface area contributed by atoms with E-state index in [0.29, 0.717) is 31.7 Å². The van der Waals surface area contributed by atoms with E-state index in [4.69, 9.17) is 0 Å². The average Bonchev–Trinajstić information content (AvgIpc) is 2.94. The van der Waals surface area contributed by atoms with E-state index >= 15 is 0 Å². The number of amides is 2. The Bertz CT molecular complexity index is 1340. The van der Waals surface area contributed by atoms with E-state index < -0.39 is 11.0 Å². The second-order valence-electron chi connectivity index (χ2n) is 11.0. The summed E-state index contributed by atoms with van der Waals surface area (Å²) in [6, 6.07) is 21.4. The minimum absolute atomic E-state index is 0.0108. The van der Waals surface area contributed by atoms with Crippen LogP contribution in [-0.2, 0) is 6.54 Å². The fourth-order valence-electron chi connectivity index (χ4n) is 6.49. The number of carbonyl (C=O) groups is 1. The number of aromatic nitrogens is 2. The van der Waals surface area contributed by atoms with Gasteiger partial charge in [0, 0.05) is 49.8 Å². The second-order valence-corrected chi connectivity index (χ2v) is 11.0. The predicted molar refractivity (Wildman–Crippen MR) is 146 cm³/mol. The molecule has 3 aromatic rings. The third-order valence-corrected chi connectivity index (χ3v) is 8.91. The smallest absolute Gasteiger partial charge is 0.320 e. The minimum Gasteiger partial charge on any atom is -0.387 e. The molecule has 2 atom stereocenters. The van der Waals surface area contributed by atoms with Crippen molar-refractivity contribution in [2.45, 2.75) is 43.9 Å². The van der Waals surface area contributed by atoms with E-state index in [1.807, 2.05) is 58.3 Å². The van der Waals surface area contributed by atoms with E-state index in [9.17, 15) is 14.7 Å². The molecule has 38 heavy (non-hydrogen) atoms. The minimum atomic E-state index is -1.07. The van der Waals surface area contributed by atoms with E-state index in [1.54, 1.807) is 12.4 Å². The molecule has 1 aromatic heterocycles. The van der Waals surface area contributed by atoms with Crippen LogP contribution in [-0.4, -0.2) is 68.8 Å². The number of aliphatic hydroxyl groups is 1. The molecule has 1 spiro atoms. The van der Waals surface area contributed by atoms with Crippen LogP contribution in [0.25, 0.3) is 11.3 Å². The zero-order valence-electron chi connectivity index (χ0n) is 21.6. The Morgan fingerprint density at radius 2 is 1.76 bits per heavy atom. The van der Waals surface area contributed by atoms with E-state index in [1.165, 1.54) is 4.57 Å². The molecule has 198 valence electrons. The molecule has 1 saturated carbocycles. The normalized spacial score (nSPS) is 24.7. The summed E-state index contributed by atoms with van der Waals surface area (Å²) in [5, 5.41) is 15.4. The Morgan fingerprint density at radius 3 is 2.45 bits per heavy atom. The molecule has 0 radical (unpaired) electrons. The molecule has 2 amide bonds. The highest BCUT2D eigenvalue weighted by molar-refractivity contribution is 5.75. The van der Waals surface area contributed by atoms with Crippen LogP contribution in [0.3, 0.4) is 0 Å². The Kier molecular flexibility index (Phi) is 6.53. The van der Waals surface area contributed by atoms with Crippen LogP contribution >= 0.6 is 0 Å². The van der Waals surface area contributed by atoms with E-state index in [2.05, 4.69) is 22.4 Å². The molecule has 3 fully saturated rings. The maximum Gasteiger partial charge on any atom is 0.320 e. The number of nitrogens with one attached hydrogen (secondary N) is 1. The Labute approximate surface area is 222 Å². The van der Waals surface area contributed by atoms with Crippen LogP contribution in [0.5, 0.6) is 0 Å². The zero-order valence-corrected chi connectivity index (χ0v) is 21.6. The number of benzene rings is 2. The second kappa shape index (κ2) is 10.0. The van der Waals surface area contributed by atoms with Crippen molar-refractivity contribution in [3.63, 3.8) is 0 Å². The molecular formula is C30H35N5O3. The fourth-order valence-corrected chi connectivity index (χ4v) is 6.49. The molecule has 2 aliphatic heterocycles. The first-order valence-corrected chi connectivity index (χ1v) is 13.6. The van der Waals surface area contributed by atoms with Crippen molar-refractivity contribution in [3.8, 4) is 11.3 Å². The molecule has 2 unspecified atom stereocenters. The summed E-state index contributed by atoms with van der Waals surface area (Å²) < 4.78 is 1.53. The number of rotatable bonds is 4. The Balaban J connectivity index is 1.20. The monoisotopic (exact) mass is 513 g/mol. The van der Waals surface area contributed by atoms with Gasteiger partial charge in [0.15, 0.2) is 0 Å². The maximum atomic E-state index is 13.8. The number of likely N-dealkylation sites (tertiary alicyclic amines) is 1. The summed E-state index contributed by atoms with van der Waals surface area (Å²) in [5.41, 5.74) is 0.998. The number of piperidine rings is 1. The van der Waals surface area contributed by atoms with Gasteiger partial charge in [0.1, 0.15) is 0 Å². The van der Waals surface area contributed by atoms with Crippen LogP contribution < -0.4 is 10.9 Å². The van der Waals surface area contributed by atoms with Crippen molar-refractivity contribution >= 4 is 6.03 Å². The van der Waals surface area contributed by atoms with Gasteiger partial charge in [-0.25, -0.2) is 9.78 Å². The van der Waals surface area contributed by atoms with Crippen molar-refractivity contribution in [1.29, 1.82) is 0 Å². The first kappa shape index (κ1) is 24.8. The van der Waals surface area contributed by atoms with Gasteiger partial charge in [0.2, 0.25) is 0 Å². The molecule has 0 bridgehead atoms. The maximum absolute atomic E-state index is 13.8. The lowest BCUT2D eigenvalue weighted by Crippen LogP contribution is -2.67. The van der Waals surface area contributed by atoms with Crippen molar-refractivity contribution in [2.24, 2.45) is 5.41 Å². The first-order valence-electron chi connectivity index (χ1n) is 13.6. The molecule has 8 nitrogen and oxygen atoms in total. The SMILES string of the molecule is O=C(N1CCC(O)(Cn2cnc(-c3ccccc3)cc2=O)C2(CCC2)C1)N1CCNCC1c1ccccc1. The molecule has 6 rings (SSSR count). The highest BCUT2D eigenvalue weighted by atomic mass is 16.3. The summed E-state index contributed by atoms with van der Waals surface area (Å²) in [5.74, 6) is 0. The van der Waals surface area contributed by atoms with Gasteiger partial charge in [-0.15, -0.1) is 0 Å². The van der Waals surface area contributed by atoms with Crippen LogP contribution in [0, 0.1) is 5.41 Å². The molecule has 3 aliphatic rings. The summed E-state index contributed by atoms with van der Waals surface area (Å²) in [6.45, 7) is 3.32. The summed E-state index contributed by atoms with van der Waals surface area (Å²) >= 11 is 0. The first-order chi connectivity index (χ1) is 18.5. The van der Waals surface area contributed by atoms with Crippen molar-refractivity contribution in [2.75, 3.05) is 32.7 Å². The third kappa shape index (κ3) is 4.41. The van der Waals surface area contributed by atoms with Gasteiger partial charge >= 0.3 is 6.03 Å². The molecule has 2 N–H and O–H groups in total. The Morgan fingerprint density at radius 1 is 1.03 bits per heavy atom. The van der Waals surface area contributed by atoms with Gasteiger partial charge in [-0.2, -0.15) is 0 Å². The standard InChI is InChI=1S/C30H35N5O3/c36-27-18-25(23-8-3-1-4-9-23)32-22-34(27)21-30(38)14-16-33(20-29(30)12-7-13-29)28(37)35-17-15-31-19-26(35)24-10-5-2-6-11-24/h1-6,8-11,18,22,26,31,38H,7,12-17,19-21H2. The molecule has 2 aromatic carbocycles. The van der Waals surface area contributed by atoms with Gasteiger partial charge < -0.3 is 20.2 Å². The molecule has 2 saturated heterocycles. The number of carbonyl (C=O) groups excluding carboxylic acids is 1.